The molecular formula is C12H18N2O2. The highest BCUT2D eigenvalue weighted by Crippen LogP contribution is 2.48. The Kier molecular flexibility index (Phi) is 2.16. The Morgan fingerprint density at radius 3 is 2.38 bits per heavy atom. The molecule has 1 fully saturated rings. The maximum atomic E-state index is 11.3. The van der Waals surface area contributed by atoms with Crippen molar-refractivity contribution in [2.24, 2.45) is 7.05 Å². The number of carboxylic acid groups (broad SMARTS) is 1. The van der Waals surface area contributed by atoms with Crippen molar-refractivity contribution in [2.75, 3.05) is 0 Å². The van der Waals surface area contributed by atoms with Crippen molar-refractivity contribution in [3.63, 3.8) is 0 Å². The molecule has 0 aromatic carbocycles. The number of carbonyl (C=O) groups is 1. The predicted octanol–water partition coefficient (Wildman–Crippen LogP) is 1.83. The average molecular weight is 222 g/mol. The SMILES string of the molecule is Cn1nc(C(C)(C)C)cc1C1(C(=O)O)CC1. The first kappa shape index (κ1) is 11.2. The molecule has 16 heavy (non-hydrogen) atoms. The monoisotopic (exact) mass is 222 g/mol. The van der Waals surface area contributed by atoms with Crippen LogP contribution in [0.2, 0.25) is 0 Å². The van der Waals surface area contributed by atoms with Crippen molar-refractivity contribution >= 4 is 5.97 Å². The number of aryl methyl sites for hydroxylation is 1. The van der Waals surface area contributed by atoms with Gasteiger partial charge in [0.25, 0.3) is 0 Å². The summed E-state index contributed by atoms with van der Waals surface area (Å²) in [5.41, 5.74) is 1.10. The molecule has 0 amide bonds. The van der Waals surface area contributed by atoms with Crippen LogP contribution in [0, 0.1) is 0 Å². The number of rotatable bonds is 2. The lowest BCUT2D eigenvalue weighted by Crippen LogP contribution is -2.22. The molecule has 0 radical (unpaired) electrons. The maximum Gasteiger partial charge on any atom is 0.315 e. The standard InChI is InChI=1S/C12H18N2O2/c1-11(2,3)8-7-9(14(4)13-8)12(5-6-12)10(15)16/h7H,5-6H2,1-4H3,(H,15,16). The molecule has 0 aliphatic heterocycles. The largest absolute Gasteiger partial charge is 0.481 e. The van der Waals surface area contributed by atoms with Gasteiger partial charge in [0.15, 0.2) is 0 Å². The normalized spacial score (nSPS) is 18.5. The molecule has 1 heterocycles. The third kappa shape index (κ3) is 1.52. The summed E-state index contributed by atoms with van der Waals surface area (Å²) in [5.74, 6) is -0.726. The molecule has 2 rings (SSSR count). The third-order valence-electron chi connectivity index (χ3n) is 3.30. The quantitative estimate of drug-likeness (QED) is 0.830. The van der Waals surface area contributed by atoms with Crippen molar-refractivity contribution in [2.45, 2.75) is 44.4 Å². The van der Waals surface area contributed by atoms with Crippen LogP contribution in [-0.4, -0.2) is 20.9 Å². The zero-order chi connectivity index (χ0) is 12.1. The van der Waals surface area contributed by atoms with Crippen LogP contribution in [-0.2, 0) is 22.7 Å². The molecule has 4 nitrogen and oxygen atoms in total. The van der Waals surface area contributed by atoms with Gasteiger partial charge in [-0.3, -0.25) is 9.48 Å². The Bertz CT molecular complexity index is 436. The first-order valence-electron chi connectivity index (χ1n) is 5.56. The molecule has 1 aromatic heterocycles. The van der Waals surface area contributed by atoms with Crippen LogP contribution in [0.5, 0.6) is 0 Å². The van der Waals surface area contributed by atoms with Gasteiger partial charge in [0.05, 0.1) is 11.4 Å². The van der Waals surface area contributed by atoms with Gasteiger partial charge in [-0.2, -0.15) is 5.10 Å². The fraction of sp³-hybridized carbons (Fsp3) is 0.667. The predicted molar refractivity (Wildman–Crippen MR) is 60.5 cm³/mol. The van der Waals surface area contributed by atoms with Gasteiger partial charge < -0.3 is 5.11 Å². The summed E-state index contributed by atoms with van der Waals surface area (Å²) in [5, 5.41) is 13.7. The van der Waals surface area contributed by atoms with Crippen LogP contribution in [0.1, 0.15) is 45.0 Å². The van der Waals surface area contributed by atoms with E-state index in [4.69, 9.17) is 0 Å². The molecule has 1 N–H and O–H groups in total. The Balaban J connectivity index is 2.44. The Hall–Kier alpha value is -1.32. The summed E-state index contributed by atoms with van der Waals surface area (Å²) >= 11 is 0. The van der Waals surface area contributed by atoms with Crippen LogP contribution in [0.4, 0.5) is 0 Å². The molecule has 88 valence electrons. The van der Waals surface area contributed by atoms with E-state index in [2.05, 4.69) is 25.9 Å². The molecule has 0 bridgehead atoms. The minimum atomic E-state index is -0.726. The zero-order valence-electron chi connectivity index (χ0n) is 10.2. The van der Waals surface area contributed by atoms with Gasteiger partial charge in [-0.05, 0) is 18.9 Å². The molecule has 0 saturated heterocycles. The van der Waals surface area contributed by atoms with E-state index in [-0.39, 0.29) is 5.41 Å². The Morgan fingerprint density at radius 1 is 1.50 bits per heavy atom. The fourth-order valence-corrected chi connectivity index (χ4v) is 1.99. The second-order valence-corrected chi connectivity index (χ2v) is 5.68. The van der Waals surface area contributed by atoms with E-state index in [9.17, 15) is 9.90 Å². The van der Waals surface area contributed by atoms with Gasteiger partial charge in [0.1, 0.15) is 5.41 Å². The third-order valence-corrected chi connectivity index (χ3v) is 3.30. The lowest BCUT2D eigenvalue weighted by Gasteiger charge is -2.13. The minimum absolute atomic E-state index is 0.0371. The van der Waals surface area contributed by atoms with Crippen LogP contribution < -0.4 is 0 Å². The molecule has 0 atom stereocenters. The van der Waals surface area contributed by atoms with Crippen molar-refractivity contribution in [3.8, 4) is 0 Å². The highest BCUT2D eigenvalue weighted by molar-refractivity contribution is 5.84. The van der Waals surface area contributed by atoms with Crippen molar-refractivity contribution in [1.29, 1.82) is 0 Å². The van der Waals surface area contributed by atoms with E-state index in [1.165, 1.54) is 0 Å². The van der Waals surface area contributed by atoms with Crippen molar-refractivity contribution in [3.05, 3.63) is 17.5 Å². The van der Waals surface area contributed by atoms with E-state index in [0.717, 1.165) is 24.2 Å². The van der Waals surface area contributed by atoms with Gasteiger partial charge >= 0.3 is 5.97 Å². The summed E-state index contributed by atoms with van der Waals surface area (Å²) in [6.45, 7) is 6.25. The molecule has 1 aliphatic carbocycles. The van der Waals surface area contributed by atoms with Crippen LogP contribution in [0.3, 0.4) is 0 Å². The first-order valence-corrected chi connectivity index (χ1v) is 5.56. The number of hydrogen-bond acceptors (Lipinski definition) is 2. The number of aromatic nitrogens is 2. The zero-order valence-corrected chi connectivity index (χ0v) is 10.2. The van der Waals surface area contributed by atoms with Gasteiger partial charge in [-0.15, -0.1) is 0 Å². The summed E-state index contributed by atoms with van der Waals surface area (Å²) < 4.78 is 1.72. The summed E-state index contributed by atoms with van der Waals surface area (Å²) in [7, 11) is 1.83. The second-order valence-electron chi connectivity index (χ2n) is 5.68. The summed E-state index contributed by atoms with van der Waals surface area (Å²) in [4.78, 5) is 11.3. The van der Waals surface area contributed by atoms with E-state index in [1.807, 2.05) is 13.1 Å². The van der Waals surface area contributed by atoms with E-state index in [0.29, 0.717) is 0 Å². The van der Waals surface area contributed by atoms with E-state index < -0.39 is 11.4 Å². The Morgan fingerprint density at radius 2 is 2.06 bits per heavy atom. The number of hydrogen-bond donors (Lipinski definition) is 1. The number of aliphatic carboxylic acids is 1. The van der Waals surface area contributed by atoms with Crippen molar-refractivity contribution < 1.29 is 9.90 Å². The maximum absolute atomic E-state index is 11.3. The van der Waals surface area contributed by atoms with Crippen LogP contribution in [0.25, 0.3) is 0 Å². The van der Waals surface area contributed by atoms with Crippen LogP contribution in [0.15, 0.2) is 6.07 Å². The lowest BCUT2D eigenvalue weighted by molar-refractivity contribution is -0.140. The molecular weight excluding hydrogens is 204 g/mol. The van der Waals surface area contributed by atoms with Crippen LogP contribution >= 0.6 is 0 Å². The second kappa shape index (κ2) is 3.09. The van der Waals surface area contributed by atoms with Gasteiger partial charge in [0, 0.05) is 12.5 Å². The topological polar surface area (TPSA) is 55.1 Å². The molecule has 1 aliphatic rings. The number of nitrogens with zero attached hydrogens (tertiary/aromatic N) is 2. The lowest BCUT2D eigenvalue weighted by atomic mass is 9.91. The fourth-order valence-electron chi connectivity index (χ4n) is 1.99. The summed E-state index contributed by atoms with van der Waals surface area (Å²) in [6.07, 6.45) is 1.46. The molecule has 0 unspecified atom stereocenters. The molecule has 4 heteroatoms. The number of carboxylic acids is 1. The Labute approximate surface area is 95.3 Å². The van der Waals surface area contributed by atoms with Gasteiger partial charge in [-0.25, -0.2) is 0 Å². The molecule has 0 spiro atoms. The van der Waals surface area contributed by atoms with Gasteiger partial charge in [0.2, 0.25) is 0 Å². The summed E-state index contributed by atoms with van der Waals surface area (Å²) in [6, 6.07) is 1.95. The van der Waals surface area contributed by atoms with E-state index >= 15 is 0 Å². The van der Waals surface area contributed by atoms with Crippen molar-refractivity contribution in [1.82, 2.24) is 9.78 Å². The molecule has 1 saturated carbocycles. The van der Waals surface area contributed by atoms with Gasteiger partial charge in [-0.1, -0.05) is 20.8 Å². The van der Waals surface area contributed by atoms with E-state index in [1.54, 1.807) is 4.68 Å². The average Bonchev–Trinajstić information content (AvgIpc) is 2.84. The first-order chi connectivity index (χ1) is 7.27. The highest BCUT2D eigenvalue weighted by atomic mass is 16.4. The highest BCUT2D eigenvalue weighted by Gasteiger charge is 2.54. The molecule has 1 aromatic rings. The minimum Gasteiger partial charge on any atom is -0.481 e. The smallest absolute Gasteiger partial charge is 0.315 e.